The number of fused-ring (bicyclic) bond motifs is 2. The Morgan fingerprint density at radius 1 is 1.35 bits per heavy atom. The Kier molecular flexibility index (Phi) is 2.91. The molecule has 2 fully saturated rings. The van der Waals surface area contributed by atoms with Gasteiger partial charge in [0.25, 0.3) is 0 Å². The van der Waals surface area contributed by atoms with Crippen molar-refractivity contribution >= 4 is 11.8 Å². The summed E-state index contributed by atoms with van der Waals surface area (Å²) in [6.45, 7) is 2.06. The molecule has 1 aromatic heterocycles. The maximum absolute atomic E-state index is 10.9. The van der Waals surface area contributed by atoms with Crippen LogP contribution in [0.5, 0.6) is 0 Å². The summed E-state index contributed by atoms with van der Waals surface area (Å²) in [5.74, 6) is 0. The van der Waals surface area contributed by atoms with Gasteiger partial charge >= 0.3 is 0 Å². The molecule has 2 nitrogen and oxygen atoms in total. The molecule has 1 aromatic rings. The fraction of sp³-hybridized carbons (Fsp3) is 0.643. The third kappa shape index (κ3) is 2.23. The van der Waals surface area contributed by atoms with Crippen molar-refractivity contribution in [3.8, 4) is 0 Å². The number of hydrogen-bond acceptors (Lipinski definition) is 3. The molecule has 2 aliphatic heterocycles. The summed E-state index contributed by atoms with van der Waals surface area (Å²) < 4.78 is 0. The van der Waals surface area contributed by atoms with E-state index in [9.17, 15) is 5.11 Å². The Hall–Kier alpha value is -0.540. The number of aliphatic hydroxyl groups is 1. The quantitative estimate of drug-likeness (QED) is 0.830. The molecule has 92 valence electrons. The van der Waals surface area contributed by atoms with Crippen molar-refractivity contribution in [2.45, 2.75) is 55.1 Å². The highest BCUT2D eigenvalue weighted by Crippen LogP contribution is 2.49. The van der Waals surface area contributed by atoms with E-state index in [0.29, 0.717) is 10.5 Å². The van der Waals surface area contributed by atoms with Crippen LogP contribution in [0.4, 0.5) is 0 Å². The lowest BCUT2D eigenvalue weighted by atomic mass is 9.82. The zero-order valence-electron chi connectivity index (χ0n) is 10.2. The summed E-state index contributed by atoms with van der Waals surface area (Å²) in [5, 5.41) is 12.2. The van der Waals surface area contributed by atoms with E-state index in [0.717, 1.165) is 18.5 Å². The molecule has 2 bridgehead atoms. The first-order valence-electron chi connectivity index (χ1n) is 6.47. The molecule has 3 heteroatoms. The summed E-state index contributed by atoms with van der Waals surface area (Å²) in [6, 6.07) is 4.04. The first-order chi connectivity index (χ1) is 8.16. The van der Waals surface area contributed by atoms with Gasteiger partial charge in [0, 0.05) is 16.7 Å². The molecule has 2 unspecified atom stereocenters. The van der Waals surface area contributed by atoms with Crippen molar-refractivity contribution in [2.24, 2.45) is 0 Å². The lowest BCUT2D eigenvalue weighted by Crippen LogP contribution is -2.41. The second-order valence-corrected chi connectivity index (χ2v) is 7.07. The van der Waals surface area contributed by atoms with E-state index in [-0.39, 0.29) is 0 Å². The van der Waals surface area contributed by atoms with Crippen LogP contribution >= 0.6 is 11.8 Å². The molecule has 3 heterocycles. The molecule has 0 saturated carbocycles. The number of thioether (sulfide) groups is 1. The first kappa shape index (κ1) is 11.5. The van der Waals surface area contributed by atoms with Gasteiger partial charge in [0.05, 0.1) is 5.69 Å². The predicted octanol–water partition coefficient (Wildman–Crippen LogP) is 3.03. The van der Waals surface area contributed by atoms with Crippen molar-refractivity contribution in [3.05, 3.63) is 29.6 Å². The minimum atomic E-state index is -0.674. The Bertz CT molecular complexity index is 408. The van der Waals surface area contributed by atoms with E-state index in [4.69, 9.17) is 0 Å². The van der Waals surface area contributed by atoms with Crippen LogP contribution in [0, 0.1) is 6.92 Å². The number of hydrogen-bond donors (Lipinski definition) is 1. The maximum Gasteiger partial charge on any atom is 0.109 e. The van der Waals surface area contributed by atoms with Crippen molar-refractivity contribution in [1.29, 1.82) is 0 Å². The van der Waals surface area contributed by atoms with E-state index in [2.05, 4.69) is 23.7 Å². The smallest absolute Gasteiger partial charge is 0.109 e. The molecular formula is C14H19NOS. The van der Waals surface area contributed by atoms with Gasteiger partial charge in [-0.25, -0.2) is 0 Å². The van der Waals surface area contributed by atoms with Crippen LogP contribution in [-0.4, -0.2) is 20.6 Å². The molecule has 2 aliphatic rings. The standard InChI is InChI=1S/C14H19NOS/c1-10-5-6-15-13(7-10)14(16)8-11-3-2-4-12(9-14)17-11/h5-7,11-12,16H,2-4,8-9H2,1H3. The highest BCUT2D eigenvalue weighted by Gasteiger charge is 2.43. The van der Waals surface area contributed by atoms with Gasteiger partial charge in [-0.05, 0) is 50.3 Å². The minimum absolute atomic E-state index is 0.634. The van der Waals surface area contributed by atoms with Gasteiger partial charge in [-0.1, -0.05) is 6.42 Å². The molecule has 0 aromatic carbocycles. The van der Waals surface area contributed by atoms with Crippen molar-refractivity contribution in [1.82, 2.24) is 4.98 Å². The highest BCUT2D eigenvalue weighted by molar-refractivity contribution is 8.00. The van der Waals surface area contributed by atoms with Gasteiger partial charge < -0.3 is 5.11 Å². The van der Waals surface area contributed by atoms with Gasteiger partial charge in [0.15, 0.2) is 0 Å². The Labute approximate surface area is 107 Å². The first-order valence-corrected chi connectivity index (χ1v) is 7.41. The second-order valence-electron chi connectivity index (χ2n) is 5.47. The van der Waals surface area contributed by atoms with Crippen LogP contribution in [0.1, 0.15) is 43.4 Å². The monoisotopic (exact) mass is 249 g/mol. The molecule has 1 N–H and O–H groups in total. The molecule has 0 spiro atoms. The molecule has 2 saturated heterocycles. The van der Waals surface area contributed by atoms with E-state index in [1.54, 1.807) is 0 Å². The highest BCUT2D eigenvalue weighted by atomic mass is 32.2. The van der Waals surface area contributed by atoms with E-state index >= 15 is 0 Å². The summed E-state index contributed by atoms with van der Waals surface area (Å²) in [6.07, 6.45) is 7.43. The number of aromatic nitrogens is 1. The fourth-order valence-electron chi connectivity index (χ4n) is 3.12. The summed E-state index contributed by atoms with van der Waals surface area (Å²) in [7, 11) is 0. The lowest BCUT2D eigenvalue weighted by Gasteiger charge is -2.43. The van der Waals surface area contributed by atoms with Crippen LogP contribution in [0.3, 0.4) is 0 Å². The molecule has 3 rings (SSSR count). The van der Waals surface area contributed by atoms with Crippen LogP contribution < -0.4 is 0 Å². The van der Waals surface area contributed by atoms with Gasteiger partial charge in [-0.3, -0.25) is 4.98 Å². The average molecular weight is 249 g/mol. The van der Waals surface area contributed by atoms with Gasteiger partial charge in [0.1, 0.15) is 5.60 Å². The SMILES string of the molecule is Cc1ccnc(C2(O)CC3CCCC(C2)S3)c1. The average Bonchev–Trinajstić information content (AvgIpc) is 2.28. The number of aryl methyl sites for hydroxylation is 1. The van der Waals surface area contributed by atoms with Gasteiger partial charge in [0.2, 0.25) is 0 Å². The molecule has 0 amide bonds. The molecule has 0 radical (unpaired) electrons. The van der Waals surface area contributed by atoms with E-state index in [1.807, 2.05) is 18.3 Å². The maximum atomic E-state index is 10.9. The number of nitrogens with zero attached hydrogens (tertiary/aromatic N) is 1. The third-order valence-electron chi connectivity index (χ3n) is 3.96. The molecule has 2 atom stereocenters. The summed E-state index contributed by atoms with van der Waals surface area (Å²) in [4.78, 5) is 4.40. The van der Waals surface area contributed by atoms with Crippen LogP contribution in [0.2, 0.25) is 0 Å². The molecule has 17 heavy (non-hydrogen) atoms. The second kappa shape index (κ2) is 4.29. The van der Waals surface area contributed by atoms with Crippen molar-refractivity contribution in [2.75, 3.05) is 0 Å². The van der Waals surface area contributed by atoms with Crippen LogP contribution in [0.15, 0.2) is 18.3 Å². The van der Waals surface area contributed by atoms with Crippen LogP contribution in [0.25, 0.3) is 0 Å². The normalized spacial score (nSPS) is 36.8. The largest absolute Gasteiger partial charge is 0.383 e. The number of rotatable bonds is 1. The Morgan fingerprint density at radius 2 is 2.06 bits per heavy atom. The Balaban J connectivity index is 1.90. The number of pyridine rings is 1. The topological polar surface area (TPSA) is 33.1 Å². The summed E-state index contributed by atoms with van der Waals surface area (Å²) in [5.41, 5.74) is 1.40. The molecular weight excluding hydrogens is 230 g/mol. The van der Waals surface area contributed by atoms with E-state index in [1.165, 1.54) is 24.8 Å². The lowest BCUT2D eigenvalue weighted by molar-refractivity contribution is 0.00399. The fourth-order valence-corrected chi connectivity index (χ4v) is 5.01. The zero-order valence-corrected chi connectivity index (χ0v) is 11.0. The predicted molar refractivity (Wildman–Crippen MR) is 71.1 cm³/mol. The third-order valence-corrected chi connectivity index (χ3v) is 5.53. The molecule has 0 aliphatic carbocycles. The minimum Gasteiger partial charge on any atom is -0.383 e. The van der Waals surface area contributed by atoms with E-state index < -0.39 is 5.60 Å². The zero-order chi connectivity index (χ0) is 11.9. The Morgan fingerprint density at radius 3 is 2.71 bits per heavy atom. The van der Waals surface area contributed by atoms with Gasteiger partial charge in [-0.15, -0.1) is 0 Å². The van der Waals surface area contributed by atoms with Crippen molar-refractivity contribution in [3.63, 3.8) is 0 Å². The van der Waals surface area contributed by atoms with Crippen molar-refractivity contribution < 1.29 is 5.11 Å². The summed E-state index contributed by atoms with van der Waals surface area (Å²) >= 11 is 2.09. The van der Waals surface area contributed by atoms with Crippen LogP contribution in [-0.2, 0) is 5.60 Å². The van der Waals surface area contributed by atoms with Gasteiger partial charge in [-0.2, -0.15) is 11.8 Å².